The second-order valence-electron chi connectivity index (χ2n) is 7.40. The summed E-state index contributed by atoms with van der Waals surface area (Å²) in [7, 11) is -4.77. The molecule has 1 saturated heterocycles. The molecular weight excluding hydrogens is 470 g/mol. The van der Waals surface area contributed by atoms with Crippen molar-refractivity contribution in [2.75, 3.05) is 40.4 Å². The van der Waals surface area contributed by atoms with Crippen molar-refractivity contribution in [1.82, 2.24) is 13.9 Å². The SMILES string of the molecule is COc1ccc(S(=O)(=O)N2CCN(C(=O)[C@H](C)NS(=O)(=O)c3ccccc3)CC2)cc1OC. The molecule has 3 rings (SSSR count). The fourth-order valence-corrected chi connectivity index (χ4v) is 6.16. The van der Waals surface area contributed by atoms with Crippen molar-refractivity contribution >= 4 is 26.0 Å². The van der Waals surface area contributed by atoms with Crippen LogP contribution in [0.2, 0.25) is 0 Å². The quantitative estimate of drug-likeness (QED) is 0.575. The van der Waals surface area contributed by atoms with Gasteiger partial charge in [-0.1, -0.05) is 18.2 Å². The highest BCUT2D eigenvalue weighted by Gasteiger charge is 2.33. The van der Waals surface area contributed by atoms with Gasteiger partial charge in [0.2, 0.25) is 26.0 Å². The van der Waals surface area contributed by atoms with Crippen molar-refractivity contribution in [1.29, 1.82) is 0 Å². The second-order valence-corrected chi connectivity index (χ2v) is 11.1. The minimum atomic E-state index is -3.85. The van der Waals surface area contributed by atoms with E-state index in [0.717, 1.165) is 0 Å². The Balaban J connectivity index is 1.64. The van der Waals surface area contributed by atoms with E-state index >= 15 is 0 Å². The first-order valence-electron chi connectivity index (χ1n) is 10.2. The van der Waals surface area contributed by atoms with Crippen LogP contribution in [0.5, 0.6) is 11.5 Å². The third kappa shape index (κ3) is 5.46. The fourth-order valence-electron chi connectivity index (χ4n) is 3.50. The highest BCUT2D eigenvalue weighted by Crippen LogP contribution is 2.31. The normalized spacial score (nSPS) is 16.3. The number of nitrogens with zero attached hydrogens (tertiary/aromatic N) is 2. The Morgan fingerprint density at radius 3 is 2.06 bits per heavy atom. The van der Waals surface area contributed by atoms with E-state index in [0.29, 0.717) is 11.5 Å². The van der Waals surface area contributed by atoms with Gasteiger partial charge in [0.05, 0.1) is 30.1 Å². The molecule has 1 amide bonds. The average molecular weight is 498 g/mol. The van der Waals surface area contributed by atoms with Gasteiger partial charge < -0.3 is 14.4 Å². The Bertz CT molecular complexity index is 1190. The van der Waals surface area contributed by atoms with Crippen LogP contribution >= 0.6 is 0 Å². The predicted molar refractivity (Wildman–Crippen MR) is 121 cm³/mol. The van der Waals surface area contributed by atoms with Gasteiger partial charge in [-0.2, -0.15) is 9.03 Å². The molecule has 180 valence electrons. The minimum Gasteiger partial charge on any atom is -0.493 e. The number of carbonyl (C=O) groups excluding carboxylic acids is 1. The first-order valence-corrected chi connectivity index (χ1v) is 13.1. The molecule has 1 atom stereocenters. The molecule has 12 heteroatoms. The van der Waals surface area contributed by atoms with Crippen LogP contribution < -0.4 is 14.2 Å². The second kappa shape index (κ2) is 10.1. The standard InChI is InChI=1S/C21H27N3O7S2/c1-16(22-32(26,27)17-7-5-4-6-8-17)21(25)23-11-13-24(14-12-23)33(28,29)18-9-10-19(30-2)20(15-18)31-3/h4-10,15-16,22H,11-14H2,1-3H3/t16-/m0/s1. The number of ether oxygens (including phenoxy) is 2. The molecule has 33 heavy (non-hydrogen) atoms. The van der Waals surface area contributed by atoms with Crippen molar-refractivity contribution in [3.05, 3.63) is 48.5 Å². The number of hydrogen-bond acceptors (Lipinski definition) is 7. The van der Waals surface area contributed by atoms with E-state index in [1.54, 1.807) is 18.2 Å². The van der Waals surface area contributed by atoms with Crippen LogP contribution in [0.25, 0.3) is 0 Å². The van der Waals surface area contributed by atoms with Gasteiger partial charge >= 0.3 is 0 Å². The van der Waals surface area contributed by atoms with Crippen LogP contribution in [-0.4, -0.2) is 78.4 Å². The molecular formula is C21H27N3O7S2. The molecule has 1 aliphatic rings. The van der Waals surface area contributed by atoms with Gasteiger partial charge in [-0.15, -0.1) is 0 Å². The minimum absolute atomic E-state index is 0.0592. The van der Waals surface area contributed by atoms with E-state index in [2.05, 4.69) is 4.72 Å². The van der Waals surface area contributed by atoms with Gasteiger partial charge in [-0.25, -0.2) is 16.8 Å². The van der Waals surface area contributed by atoms with Crippen LogP contribution in [0.1, 0.15) is 6.92 Å². The summed E-state index contributed by atoms with van der Waals surface area (Å²) >= 11 is 0. The van der Waals surface area contributed by atoms with Crippen LogP contribution in [0, 0.1) is 0 Å². The number of piperazine rings is 1. The fraction of sp³-hybridized carbons (Fsp3) is 0.381. The zero-order valence-corrected chi connectivity index (χ0v) is 20.2. The molecule has 1 heterocycles. The third-order valence-corrected chi connectivity index (χ3v) is 8.75. The monoisotopic (exact) mass is 497 g/mol. The summed E-state index contributed by atoms with van der Waals surface area (Å²) < 4.78 is 65.1. The molecule has 0 unspecified atom stereocenters. The summed E-state index contributed by atoms with van der Waals surface area (Å²) in [6.07, 6.45) is 0. The van der Waals surface area contributed by atoms with Gasteiger partial charge in [0.1, 0.15) is 0 Å². The van der Waals surface area contributed by atoms with Crippen LogP contribution in [0.4, 0.5) is 0 Å². The number of sulfonamides is 2. The summed E-state index contributed by atoms with van der Waals surface area (Å²) in [5, 5.41) is 0. The zero-order chi connectivity index (χ0) is 24.2. The third-order valence-electron chi connectivity index (χ3n) is 5.30. The van der Waals surface area contributed by atoms with E-state index in [-0.39, 0.29) is 36.0 Å². The lowest BCUT2D eigenvalue weighted by Crippen LogP contribution is -2.55. The number of methoxy groups -OCH3 is 2. The molecule has 0 aromatic heterocycles. The van der Waals surface area contributed by atoms with Gasteiger partial charge in [-0.05, 0) is 31.2 Å². The van der Waals surface area contributed by atoms with E-state index in [9.17, 15) is 21.6 Å². The number of amides is 1. The molecule has 0 bridgehead atoms. The summed E-state index contributed by atoms with van der Waals surface area (Å²) in [4.78, 5) is 14.4. The summed E-state index contributed by atoms with van der Waals surface area (Å²) in [6, 6.07) is 11.1. The molecule has 2 aromatic carbocycles. The number of benzene rings is 2. The molecule has 1 N–H and O–H groups in total. The Hall–Kier alpha value is -2.67. The first-order chi connectivity index (χ1) is 15.6. The van der Waals surface area contributed by atoms with Crippen molar-refractivity contribution in [3.63, 3.8) is 0 Å². The highest BCUT2D eigenvalue weighted by molar-refractivity contribution is 7.89. The summed E-state index contributed by atoms with van der Waals surface area (Å²) in [5.41, 5.74) is 0. The van der Waals surface area contributed by atoms with E-state index in [1.165, 1.54) is 60.7 Å². The van der Waals surface area contributed by atoms with Crippen LogP contribution in [0.15, 0.2) is 58.3 Å². The van der Waals surface area contributed by atoms with Crippen LogP contribution in [-0.2, 0) is 24.8 Å². The van der Waals surface area contributed by atoms with Gasteiger partial charge in [0.25, 0.3) is 0 Å². The number of rotatable bonds is 8. The lowest BCUT2D eigenvalue weighted by atomic mass is 10.2. The van der Waals surface area contributed by atoms with Crippen molar-refractivity contribution in [3.8, 4) is 11.5 Å². The molecule has 0 spiro atoms. The maximum absolute atomic E-state index is 13.0. The first kappa shape index (κ1) is 25.0. The largest absolute Gasteiger partial charge is 0.493 e. The summed E-state index contributed by atoms with van der Waals surface area (Å²) in [5.74, 6) is 0.295. The molecule has 10 nitrogen and oxygen atoms in total. The lowest BCUT2D eigenvalue weighted by molar-refractivity contribution is -0.133. The predicted octanol–water partition coefficient (Wildman–Crippen LogP) is 0.904. The summed E-state index contributed by atoms with van der Waals surface area (Å²) in [6.45, 7) is 1.92. The van der Waals surface area contributed by atoms with Crippen molar-refractivity contribution < 1.29 is 31.1 Å². The molecule has 1 aliphatic heterocycles. The van der Waals surface area contributed by atoms with Crippen LogP contribution in [0.3, 0.4) is 0 Å². The van der Waals surface area contributed by atoms with E-state index in [4.69, 9.17) is 9.47 Å². The zero-order valence-electron chi connectivity index (χ0n) is 18.6. The lowest BCUT2D eigenvalue weighted by Gasteiger charge is -2.35. The van der Waals surface area contributed by atoms with Crippen molar-refractivity contribution in [2.24, 2.45) is 0 Å². The topological polar surface area (TPSA) is 122 Å². The Morgan fingerprint density at radius 1 is 0.879 bits per heavy atom. The van der Waals surface area contributed by atoms with E-state index < -0.39 is 32.0 Å². The highest BCUT2D eigenvalue weighted by atomic mass is 32.2. The average Bonchev–Trinajstić information content (AvgIpc) is 2.83. The van der Waals surface area contributed by atoms with Gasteiger partial charge in [0, 0.05) is 32.2 Å². The Labute approximate surface area is 194 Å². The Kier molecular flexibility index (Phi) is 7.62. The molecule has 0 aliphatic carbocycles. The van der Waals surface area contributed by atoms with Gasteiger partial charge in [0.15, 0.2) is 11.5 Å². The Morgan fingerprint density at radius 2 is 1.48 bits per heavy atom. The number of nitrogens with one attached hydrogen (secondary N) is 1. The molecule has 0 radical (unpaired) electrons. The van der Waals surface area contributed by atoms with E-state index in [1.807, 2.05) is 0 Å². The molecule has 0 saturated carbocycles. The number of hydrogen-bond donors (Lipinski definition) is 1. The van der Waals surface area contributed by atoms with Gasteiger partial charge in [-0.3, -0.25) is 4.79 Å². The molecule has 2 aromatic rings. The maximum atomic E-state index is 13.0. The molecule has 1 fully saturated rings. The smallest absolute Gasteiger partial charge is 0.243 e. The number of carbonyl (C=O) groups is 1. The maximum Gasteiger partial charge on any atom is 0.243 e. The van der Waals surface area contributed by atoms with Crippen molar-refractivity contribution in [2.45, 2.75) is 22.8 Å².